The number of nitriles is 1. The molecule has 1 aromatic carbocycles. The average molecular weight is 329 g/mol. The van der Waals surface area contributed by atoms with E-state index in [2.05, 4.69) is 33.4 Å². The summed E-state index contributed by atoms with van der Waals surface area (Å²) in [5.41, 5.74) is 2.55. The summed E-state index contributed by atoms with van der Waals surface area (Å²) in [7, 11) is 1.37. The number of hydrogen-bond acceptors (Lipinski definition) is 3. The number of nitrogens with zero attached hydrogens (tertiary/aromatic N) is 1. The van der Waals surface area contributed by atoms with Gasteiger partial charge in [-0.1, -0.05) is 6.92 Å². The molecule has 3 nitrogen and oxygen atoms in total. The molecule has 1 aromatic rings. The molecule has 0 N–H and O–H groups in total. The van der Waals surface area contributed by atoms with E-state index in [9.17, 15) is 4.79 Å². The van der Waals surface area contributed by atoms with Crippen LogP contribution in [0.15, 0.2) is 12.1 Å². The van der Waals surface area contributed by atoms with Crippen LogP contribution < -0.4 is 0 Å². The monoisotopic (exact) mass is 329 g/mol. The van der Waals surface area contributed by atoms with Crippen molar-refractivity contribution < 1.29 is 9.53 Å². The minimum atomic E-state index is -0.282. The first-order valence-corrected chi connectivity index (χ1v) is 5.98. The zero-order chi connectivity index (χ0) is 12.1. The quantitative estimate of drug-likeness (QED) is 0.632. The fourth-order valence-corrected chi connectivity index (χ4v) is 2.31. The molecule has 0 aliphatic carbocycles. The Hall–Kier alpha value is -1.09. The van der Waals surface area contributed by atoms with E-state index in [0.717, 1.165) is 21.1 Å². The third kappa shape index (κ3) is 2.95. The van der Waals surface area contributed by atoms with E-state index in [0.29, 0.717) is 5.56 Å². The number of ether oxygens (including phenoxy) is 1. The molecule has 4 heteroatoms. The van der Waals surface area contributed by atoms with Gasteiger partial charge in [0.15, 0.2) is 0 Å². The highest BCUT2D eigenvalue weighted by molar-refractivity contribution is 14.1. The minimum Gasteiger partial charge on any atom is -0.469 e. The molecule has 0 unspecified atom stereocenters. The van der Waals surface area contributed by atoms with Crippen LogP contribution in [0.2, 0.25) is 0 Å². The fourth-order valence-electron chi connectivity index (χ4n) is 1.43. The molecule has 16 heavy (non-hydrogen) atoms. The lowest BCUT2D eigenvalue weighted by atomic mass is 10.0. The van der Waals surface area contributed by atoms with Gasteiger partial charge in [0.25, 0.3) is 0 Å². The van der Waals surface area contributed by atoms with E-state index >= 15 is 0 Å². The summed E-state index contributed by atoms with van der Waals surface area (Å²) in [4.78, 5) is 11.2. The van der Waals surface area contributed by atoms with Gasteiger partial charge in [-0.25, -0.2) is 0 Å². The van der Waals surface area contributed by atoms with Crippen LogP contribution in [0.5, 0.6) is 0 Å². The van der Waals surface area contributed by atoms with E-state index in [1.54, 1.807) is 6.07 Å². The van der Waals surface area contributed by atoms with E-state index in [1.165, 1.54) is 7.11 Å². The normalized spacial score (nSPS) is 9.62. The number of hydrogen-bond donors (Lipinski definition) is 0. The van der Waals surface area contributed by atoms with Crippen molar-refractivity contribution in [1.82, 2.24) is 0 Å². The lowest BCUT2D eigenvalue weighted by molar-refractivity contribution is -0.139. The van der Waals surface area contributed by atoms with E-state index in [4.69, 9.17) is 5.26 Å². The first-order chi connectivity index (χ1) is 7.62. The zero-order valence-electron chi connectivity index (χ0n) is 9.21. The van der Waals surface area contributed by atoms with Crippen LogP contribution in [0.4, 0.5) is 0 Å². The second kappa shape index (κ2) is 5.85. The molecule has 0 aromatic heterocycles. The Morgan fingerprint density at radius 1 is 1.50 bits per heavy atom. The number of esters is 1. The summed E-state index contributed by atoms with van der Waals surface area (Å²) in [6.07, 6.45) is 1.07. The Kier molecular flexibility index (Phi) is 4.74. The second-order valence-electron chi connectivity index (χ2n) is 3.33. The van der Waals surface area contributed by atoms with Crippen LogP contribution in [0, 0.1) is 14.9 Å². The minimum absolute atomic E-state index is 0.220. The van der Waals surface area contributed by atoms with Gasteiger partial charge >= 0.3 is 5.97 Å². The smallest absolute Gasteiger partial charge is 0.310 e. The lowest BCUT2D eigenvalue weighted by Crippen LogP contribution is -2.07. The average Bonchev–Trinajstić information content (AvgIpc) is 2.31. The van der Waals surface area contributed by atoms with Gasteiger partial charge < -0.3 is 4.74 Å². The SMILES string of the molecule is CCc1cc(C#N)cc(CC(=O)OC)c1I. The predicted octanol–water partition coefficient (Wildman–Crippen LogP) is 2.44. The second-order valence-corrected chi connectivity index (χ2v) is 4.41. The number of rotatable bonds is 3. The number of carbonyl (C=O) groups is 1. The molecule has 0 radical (unpaired) electrons. The van der Waals surface area contributed by atoms with Crippen molar-refractivity contribution in [2.24, 2.45) is 0 Å². The van der Waals surface area contributed by atoms with Gasteiger partial charge in [-0.3, -0.25) is 4.79 Å². The van der Waals surface area contributed by atoms with Gasteiger partial charge in [0.05, 0.1) is 25.2 Å². The van der Waals surface area contributed by atoms with Crippen molar-refractivity contribution in [3.05, 3.63) is 32.4 Å². The molecular weight excluding hydrogens is 317 g/mol. The van der Waals surface area contributed by atoms with E-state index in [-0.39, 0.29) is 12.4 Å². The maximum atomic E-state index is 11.2. The molecule has 0 aliphatic heterocycles. The Balaban J connectivity index is 3.17. The number of methoxy groups -OCH3 is 1. The summed E-state index contributed by atoms with van der Waals surface area (Å²) < 4.78 is 5.68. The van der Waals surface area contributed by atoms with Crippen LogP contribution in [0.25, 0.3) is 0 Å². The topological polar surface area (TPSA) is 50.1 Å². The summed E-state index contributed by atoms with van der Waals surface area (Å²) in [5.74, 6) is -0.282. The van der Waals surface area contributed by atoms with E-state index < -0.39 is 0 Å². The largest absolute Gasteiger partial charge is 0.469 e. The Morgan fingerprint density at radius 3 is 2.62 bits per heavy atom. The van der Waals surface area contributed by atoms with Gasteiger partial charge in [0.1, 0.15) is 0 Å². The Morgan fingerprint density at radius 2 is 2.12 bits per heavy atom. The molecule has 0 saturated heterocycles. The molecule has 1 rings (SSSR count). The number of carbonyl (C=O) groups excluding carboxylic acids is 1. The number of halogens is 1. The third-order valence-electron chi connectivity index (χ3n) is 2.30. The van der Waals surface area contributed by atoms with Crippen LogP contribution in [0.1, 0.15) is 23.6 Å². The van der Waals surface area contributed by atoms with Crippen molar-refractivity contribution in [2.45, 2.75) is 19.8 Å². The number of aryl methyl sites for hydroxylation is 1. The first kappa shape index (κ1) is 13.0. The van der Waals surface area contributed by atoms with Crippen molar-refractivity contribution in [2.75, 3.05) is 7.11 Å². The maximum absolute atomic E-state index is 11.2. The summed E-state index contributed by atoms with van der Waals surface area (Å²) in [6, 6.07) is 5.72. The molecule has 0 atom stereocenters. The highest BCUT2D eigenvalue weighted by Crippen LogP contribution is 2.21. The summed E-state index contributed by atoms with van der Waals surface area (Å²) in [6.45, 7) is 2.03. The molecule has 0 amide bonds. The van der Waals surface area contributed by atoms with Gasteiger partial charge in [0.2, 0.25) is 0 Å². The van der Waals surface area contributed by atoms with Crippen molar-refractivity contribution >= 4 is 28.6 Å². The van der Waals surface area contributed by atoms with Gasteiger partial charge in [0, 0.05) is 3.57 Å². The van der Waals surface area contributed by atoms with Gasteiger partial charge in [-0.2, -0.15) is 5.26 Å². The van der Waals surface area contributed by atoms with Gasteiger partial charge in [-0.15, -0.1) is 0 Å². The lowest BCUT2D eigenvalue weighted by Gasteiger charge is -2.08. The third-order valence-corrected chi connectivity index (χ3v) is 3.68. The van der Waals surface area contributed by atoms with Crippen molar-refractivity contribution in [1.29, 1.82) is 5.26 Å². The molecule has 84 valence electrons. The van der Waals surface area contributed by atoms with Crippen molar-refractivity contribution in [3.63, 3.8) is 0 Å². The maximum Gasteiger partial charge on any atom is 0.310 e. The molecule has 0 spiro atoms. The Labute approximate surface area is 109 Å². The van der Waals surface area contributed by atoms with Gasteiger partial charge in [-0.05, 0) is 52.3 Å². The van der Waals surface area contributed by atoms with Crippen LogP contribution in [-0.4, -0.2) is 13.1 Å². The summed E-state index contributed by atoms with van der Waals surface area (Å²) >= 11 is 2.21. The zero-order valence-corrected chi connectivity index (χ0v) is 11.4. The molecular formula is C12H12INO2. The molecule has 0 aliphatic rings. The highest BCUT2D eigenvalue weighted by atomic mass is 127. The van der Waals surface area contributed by atoms with Crippen molar-refractivity contribution in [3.8, 4) is 6.07 Å². The van der Waals surface area contributed by atoms with Crippen LogP contribution in [0.3, 0.4) is 0 Å². The number of benzene rings is 1. The summed E-state index contributed by atoms with van der Waals surface area (Å²) in [5, 5.41) is 8.90. The van der Waals surface area contributed by atoms with Crippen LogP contribution >= 0.6 is 22.6 Å². The van der Waals surface area contributed by atoms with E-state index in [1.807, 2.05) is 13.0 Å². The molecule has 0 fully saturated rings. The molecule has 0 saturated carbocycles. The van der Waals surface area contributed by atoms with Crippen LogP contribution in [-0.2, 0) is 22.4 Å². The fraction of sp³-hybridized carbons (Fsp3) is 0.333. The Bertz CT molecular complexity index is 449. The first-order valence-electron chi connectivity index (χ1n) is 4.90. The molecule has 0 bridgehead atoms. The predicted molar refractivity (Wildman–Crippen MR) is 69.0 cm³/mol. The molecule has 0 heterocycles. The standard InChI is InChI=1S/C12H12INO2/c1-3-9-4-8(7-14)5-10(12(9)13)6-11(15)16-2/h4-5H,3,6H2,1-2H3. The highest BCUT2D eigenvalue weighted by Gasteiger charge is 2.11.